The van der Waals surface area contributed by atoms with Crippen molar-refractivity contribution in [3.8, 4) is 5.75 Å². The summed E-state index contributed by atoms with van der Waals surface area (Å²) in [5, 5.41) is 3.17. The Morgan fingerprint density at radius 3 is 2.07 bits per heavy atom. The van der Waals surface area contributed by atoms with Crippen LogP contribution in [0.2, 0.25) is 0 Å². The maximum atomic E-state index is 12.6. The second-order valence-corrected chi connectivity index (χ2v) is 6.97. The van der Waals surface area contributed by atoms with Gasteiger partial charge >= 0.3 is 0 Å². The average Bonchev–Trinajstić information content (AvgIpc) is 2.73. The predicted molar refractivity (Wildman–Crippen MR) is 114 cm³/mol. The van der Waals surface area contributed by atoms with Crippen molar-refractivity contribution in [1.29, 1.82) is 0 Å². The van der Waals surface area contributed by atoms with E-state index in [-0.39, 0.29) is 11.9 Å². The van der Waals surface area contributed by atoms with Gasteiger partial charge in [0, 0.05) is 6.42 Å². The number of amides is 1. The Bertz CT molecular complexity index is 851. The first-order valence-corrected chi connectivity index (χ1v) is 9.73. The topological polar surface area (TPSA) is 38.3 Å². The summed E-state index contributed by atoms with van der Waals surface area (Å²) in [6.45, 7) is 4.66. The quantitative estimate of drug-likeness (QED) is 0.539. The lowest BCUT2D eigenvalue weighted by Gasteiger charge is -2.20. The molecular weight excluding hydrogens is 346 g/mol. The van der Waals surface area contributed by atoms with Crippen LogP contribution in [0.3, 0.4) is 0 Å². The van der Waals surface area contributed by atoms with E-state index >= 15 is 0 Å². The zero-order chi connectivity index (χ0) is 19.8. The molecule has 0 aliphatic rings. The molecule has 3 rings (SSSR count). The summed E-state index contributed by atoms with van der Waals surface area (Å²) >= 11 is 0. The highest BCUT2D eigenvalue weighted by molar-refractivity contribution is 5.77. The van der Waals surface area contributed by atoms with E-state index in [1.54, 1.807) is 0 Å². The van der Waals surface area contributed by atoms with Gasteiger partial charge in [0.1, 0.15) is 5.75 Å². The third-order valence-electron chi connectivity index (χ3n) is 4.93. The van der Waals surface area contributed by atoms with E-state index < -0.39 is 0 Å². The SMILES string of the molecule is Cc1cccc(OCCCC(=O)NC(c2ccccc2)c2ccccc2)c1C. The Hall–Kier alpha value is -3.07. The van der Waals surface area contributed by atoms with Gasteiger partial charge in [0.15, 0.2) is 0 Å². The van der Waals surface area contributed by atoms with Gasteiger partial charge in [-0.3, -0.25) is 4.79 Å². The molecule has 0 aliphatic heterocycles. The normalized spacial score (nSPS) is 10.7. The van der Waals surface area contributed by atoms with Crippen LogP contribution in [-0.2, 0) is 4.79 Å². The first-order valence-electron chi connectivity index (χ1n) is 9.73. The van der Waals surface area contributed by atoms with Gasteiger partial charge in [0.2, 0.25) is 5.91 Å². The molecule has 0 spiro atoms. The van der Waals surface area contributed by atoms with Crippen molar-refractivity contribution in [2.24, 2.45) is 0 Å². The third kappa shape index (κ3) is 5.23. The van der Waals surface area contributed by atoms with Gasteiger partial charge in [-0.05, 0) is 48.6 Å². The molecule has 0 aromatic heterocycles. The first-order chi connectivity index (χ1) is 13.6. The molecule has 28 heavy (non-hydrogen) atoms. The smallest absolute Gasteiger partial charge is 0.220 e. The van der Waals surface area contributed by atoms with E-state index in [0.29, 0.717) is 19.4 Å². The van der Waals surface area contributed by atoms with E-state index in [2.05, 4.69) is 25.2 Å². The highest BCUT2D eigenvalue weighted by Crippen LogP contribution is 2.22. The van der Waals surface area contributed by atoms with E-state index in [9.17, 15) is 4.79 Å². The summed E-state index contributed by atoms with van der Waals surface area (Å²) in [5.74, 6) is 0.925. The molecule has 1 N–H and O–H groups in total. The number of carbonyl (C=O) groups excluding carboxylic acids is 1. The number of nitrogens with one attached hydrogen (secondary N) is 1. The zero-order valence-electron chi connectivity index (χ0n) is 16.5. The van der Waals surface area contributed by atoms with Crippen molar-refractivity contribution in [2.75, 3.05) is 6.61 Å². The lowest BCUT2D eigenvalue weighted by Crippen LogP contribution is -2.29. The van der Waals surface area contributed by atoms with Crippen molar-refractivity contribution in [3.63, 3.8) is 0 Å². The van der Waals surface area contributed by atoms with Crippen LogP contribution in [0.5, 0.6) is 5.75 Å². The second-order valence-electron chi connectivity index (χ2n) is 6.97. The van der Waals surface area contributed by atoms with Crippen LogP contribution in [0.1, 0.15) is 41.1 Å². The molecule has 0 unspecified atom stereocenters. The molecule has 3 heteroatoms. The van der Waals surface area contributed by atoms with Crippen LogP contribution in [-0.4, -0.2) is 12.5 Å². The molecule has 144 valence electrons. The molecule has 1 amide bonds. The monoisotopic (exact) mass is 373 g/mol. The molecule has 0 fully saturated rings. The fourth-order valence-electron chi connectivity index (χ4n) is 3.18. The van der Waals surface area contributed by atoms with Crippen molar-refractivity contribution >= 4 is 5.91 Å². The predicted octanol–water partition coefficient (Wildman–Crippen LogP) is 5.37. The molecule has 0 aliphatic carbocycles. The van der Waals surface area contributed by atoms with Crippen LogP contribution in [0.15, 0.2) is 78.9 Å². The average molecular weight is 373 g/mol. The van der Waals surface area contributed by atoms with Gasteiger partial charge in [-0.25, -0.2) is 0 Å². The number of carbonyl (C=O) groups is 1. The molecule has 0 bridgehead atoms. The van der Waals surface area contributed by atoms with E-state index in [4.69, 9.17) is 4.74 Å². The molecule has 3 aromatic rings. The van der Waals surface area contributed by atoms with Gasteiger partial charge in [-0.15, -0.1) is 0 Å². The van der Waals surface area contributed by atoms with Gasteiger partial charge < -0.3 is 10.1 Å². The number of aryl methyl sites for hydroxylation is 1. The molecule has 3 nitrogen and oxygen atoms in total. The Labute approximate surface area is 167 Å². The van der Waals surface area contributed by atoms with Crippen molar-refractivity contribution in [2.45, 2.75) is 32.7 Å². The zero-order valence-corrected chi connectivity index (χ0v) is 16.5. The fourth-order valence-corrected chi connectivity index (χ4v) is 3.18. The van der Waals surface area contributed by atoms with E-state index in [0.717, 1.165) is 22.4 Å². The highest BCUT2D eigenvalue weighted by Gasteiger charge is 2.16. The Kier molecular flexibility index (Phi) is 6.85. The minimum absolute atomic E-state index is 0.0299. The number of hydrogen-bond donors (Lipinski definition) is 1. The first kappa shape index (κ1) is 19.7. The summed E-state index contributed by atoms with van der Waals surface area (Å²) in [4.78, 5) is 12.6. The van der Waals surface area contributed by atoms with Gasteiger partial charge in [-0.1, -0.05) is 72.8 Å². The number of hydrogen-bond acceptors (Lipinski definition) is 2. The van der Waals surface area contributed by atoms with E-state index in [1.165, 1.54) is 5.56 Å². The van der Waals surface area contributed by atoms with Gasteiger partial charge in [-0.2, -0.15) is 0 Å². The molecular formula is C25H27NO2. The van der Waals surface area contributed by atoms with Crippen molar-refractivity contribution < 1.29 is 9.53 Å². The Morgan fingerprint density at radius 1 is 0.857 bits per heavy atom. The molecule has 3 aromatic carbocycles. The van der Waals surface area contributed by atoms with Crippen LogP contribution < -0.4 is 10.1 Å². The lowest BCUT2D eigenvalue weighted by molar-refractivity contribution is -0.121. The second kappa shape index (κ2) is 9.75. The Balaban J connectivity index is 1.56. The summed E-state index contributed by atoms with van der Waals surface area (Å²) in [6, 6.07) is 26.0. The summed E-state index contributed by atoms with van der Waals surface area (Å²) in [5.41, 5.74) is 4.52. The van der Waals surface area contributed by atoms with Crippen LogP contribution in [0, 0.1) is 13.8 Å². The molecule has 0 atom stereocenters. The molecule has 0 saturated heterocycles. The van der Waals surface area contributed by atoms with Gasteiger partial charge in [0.25, 0.3) is 0 Å². The Morgan fingerprint density at radius 2 is 1.46 bits per heavy atom. The van der Waals surface area contributed by atoms with Crippen molar-refractivity contribution in [1.82, 2.24) is 5.32 Å². The van der Waals surface area contributed by atoms with Crippen LogP contribution in [0.4, 0.5) is 0 Å². The maximum absolute atomic E-state index is 12.6. The van der Waals surface area contributed by atoms with Crippen LogP contribution in [0.25, 0.3) is 0 Å². The highest BCUT2D eigenvalue weighted by atomic mass is 16.5. The lowest BCUT2D eigenvalue weighted by atomic mass is 9.98. The van der Waals surface area contributed by atoms with E-state index in [1.807, 2.05) is 72.8 Å². The molecule has 0 heterocycles. The van der Waals surface area contributed by atoms with Crippen LogP contribution >= 0.6 is 0 Å². The summed E-state index contributed by atoms with van der Waals surface area (Å²) < 4.78 is 5.86. The standard InChI is InChI=1S/C25H27NO2/c1-19-11-9-16-23(20(19)2)28-18-10-17-24(27)26-25(21-12-5-3-6-13-21)22-14-7-4-8-15-22/h3-9,11-16,25H,10,17-18H2,1-2H3,(H,26,27). The fraction of sp³-hybridized carbons (Fsp3) is 0.240. The third-order valence-corrected chi connectivity index (χ3v) is 4.93. The number of ether oxygens (including phenoxy) is 1. The summed E-state index contributed by atoms with van der Waals surface area (Å²) in [7, 11) is 0. The van der Waals surface area contributed by atoms with Gasteiger partial charge in [0.05, 0.1) is 12.6 Å². The molecule has 0 radical (unpaired) electrons. The summed E-state index contributed by atoms with van der Waals surface area (Å²) in [6.07, 6.45) is 1.11. The maximum Gasteiger partial charge on any atom is 0.220 e. The minimum atomic E-state index is -0.144. The minimum Gasteiger partial charge on any atom is -0.493 e. The number of rotatable bonds is 8. The largest absolute Gasteiger partial charge is 0.493 e. The molecule has 0 saturated carbocycles. The van der Waals surface area contributed by atoms with Crippen molar-refractivity contribution in [3.05, 3.63) is 101 Å². The number of benzene rings is 3.